The van der Waals surface area contributed by atoms with Crippen molar-refractivity contribution in [2.24, 2.45) is 0 Å². The minimum absolute atomic E-state index is 0.0980. The van der Waals surface area contributed by atoms with Crippen LogP contribution < -0.4 is 0 Å². The van der Waals surface area contributed by atoms with E-state index in [0.29, 0.717) is 19.3 Å². The fourth-order valence-corrected chi connectivity index (χ4v) is 7.25. The van der Waals surface area contributed by atoms with Gasteiger partial charge in [-0.1, -0.05) is 216 Å². The molecule has 1 atom stereocenters. The van der Waals surface area contributed by atoms with Crippen LogP contribution in [0.3, 0.4) is 0 Å². The second-order valence-electron chi connectivity index (χ2n) is 17.5. The van der Waals surface area contributed by atoms with Crippen molar-refractivity contribution in [3.63, 3.8) is 0 Å². The molecular weight excluding hydrogens is 781 g/mol. The summed E-state index contributed by atoms with van der Waals surface area (Å²) in [7, 11) is 0. The summed E-state index contributed by atoms with van der Waals surface area (Å²) in [4.78, 5) is 38.0. The van der Waals surface area contributed by atoms with E-state index in [1.165, 1.54) is 103 Å². The maximum Gasteiger partial charge on any atom is 0.306 e. The van der Waals surface area contributed by atoms with E-state index in [2.05, 4.69) is 93.7 Å². The average Bonchev–Trinajstić information content (AvgIpc) is 3.28. The average molecular weight is 879 g/mol. The molecule has 362 valence electrons. The minimum atomic E-state index is -0.798. The summed E-state index contributed by atoms with van der Waals surface area (Å²) in [5.74, 6) is -0.949. The molecule has 63 heavy (non-hydrogen) atoms. The second kappa shape index (κ2) is 51.5. The summed E-state index contributed by atoms with van der Waals surface area (Å²) in [6.45, 7) is 6.45. The lowest BCUT2D eigenvalue weighted by molar-refractivity contribution is -0.167. The van der Waals surface area contributed by atoms with E-state index in [-0.39, 0.29) is 31.1 Å². The molecule has 0 amide bonds. The zero-order valence-electron chi connectivity index (χ0n) is 41.3. The van der Waals surface area contributed by atoms with Crippen molar-refractivity contribution in [1.82, 2.24) is 0 Å². The lowest BCUT2D eigenvalue weighted by Crippen LogP contribution is -2.30. The number of esters is 3. The standard InChI is InChI=1S/C57H98O6/c1-4-7-10-13-16-19-22-25-27-29-32-35-38-41-44-47-50-56(59)62-53-54(52-61-55(58)49-46-43-40-37-34-31-24-21-18-15-12-9-6-3)63-57(60)51-48-45-42-39-36-33-30-28-26-23-20-17-14-11-8-5-2/h9,12,15,18,21,24,27-30,32,35,54H,4-8,10-11,13-14,16-17,19-20,22-23,25-26,31,33-34,36-53H2,1-3H3/b12-9-,18-15-,24-21-,29-27-,30-28-,35-32-. The Labute approximate surface area is 389 Å². The van der Waals surface area contributed by atoms with Gasteiger partial charge >= 0.3 is 17.9 Å². The van der Waals surface area contributed by atoms with Gasteiger partial charge in [0, 0.05) is 19.3 Å². The van der Waals surface area contributed by atoms with Crippen LogP contribution in [0, 0.1) is 0 Å². The lowest BCUT2D eigenvalue weighted by Gasteiger charge is -2.18. The highest BCUT2D eigenvalue weighted by atomic mass is 16.6. The third-order valence-corrected chi connectivity index (χ3v) is 11.3. The molecule has 0 rings (SSSR count). The highest BCUT2D eigenvalue weighted by Gasteiger charge is 2.19. The van der Waals surface area contributed by atoms with Gasteiger partial charge in [0.2, 0.25) is 0 Å². The quantitative estimate of drug-likeness (QED) is 0.0199. The first-order chi connectivity index (χ1) is 31.0. The lowest BCUT2D eigenvalue weighted by atomic mass is 10.1. The van der Waals surface area contributed by atoms with Gasteiger partial charge in [0.1, 0.15) is 13.2 Å². The molecule has 0 aromatic rings. The molecule has 0 saturated heterocycles. The van der Waals surface area contributed by atoms with E-state index in [9.17, 15) is 14.4 Å². The van der Waals surface area contributed by atoms with E-state index in [1.807, 2.05) is 0 Å². The Morgan fingerprint density at radius 2 is 0.635 bits per heavy atom. The van der Waals surface area contributed by atoms with Gasteiger partial charge in [0.25, 0.3) is 0 Å². The Balaban J connectivity index is 4.46. The minimum Gasteiger partial charge on any atom is -0.462 e. The van der Waals surface area contributed by atoms with Crippen LogP contribution in [0.5, 0.6) is 0 Å². The molecule has 0 radical (unpaired) electrons. The van der Waals surface area contributed by atoms with E-state index < -0.39 is 6.10 Å². The Morgan fingerprint density at radius 3 is 1.03 bits per heavy atom. The van der Waals surface area contributed by atoms with Gasteiger partial charge in [0.05, 0.1) is 0 Å². The number of carbonyl (C=O) groups excluding carboxylic acids is 3. The van der Waals surface area contributed by atoms with Gasteiger partial charge in [-0.15, -0.1) is 0 Å². The Morgan fingerprint density at radius 1 is 0.333 bits per heavy atom. The number of rotatable bonds is 47. The third kappa shape index (κ3) is 49.7. The van der Waals surface area contributed by atoms with Gasteiger partial charge in [-0.2, -0.15) is 0 Å². The molecule has 0 fully saturated rings. The van der Waals surface area contributed by atoms with Crippen molar-refractivity contribution in [3.8, 4) is 0 Å². The monoisotopic (exact) mass is 879 g/mol. The zero-order valence-corrected chi connectivity index (χ0v) is 41.3. The smallest absolute Gasteiger partial charge is 0.306 e. The fourth-order valence-electron chi connectivity index (χ4n) is 7.25. The predicted molar refractivity (Wildman–Crippen MR) is 270 cm³/mol. The van der Waals surface area contributed by atoms with Crippen molar-refractivity contribution < 1.29 is 28.6 Å². The molecule has 0 N–H and O–H groups in total. The molecule has 0 saturated carbocycles. The van der Waals surface area contributed by atoms with Gasteiger partial charge in [-0.3, -0.25) is 14.4 Å². The van der Waals surface area contributed by atoms with Crippen molar-refractivity contribution in [2.75, 3.05) is 13.2 Å². The molecule has 0 aliphatic carbocycles. The molecule has 0 aromatic carbocycles. The first-order valence-corrected chi connectivity index (χ1v) is 26.5. The van der Waals surface area contributed by atoms with Crippen molar-refractivity contribution in [1.29, 1.82) is 0 Å². The first-order valence-electron chi connectivity index (χ1n) is 26.5. The summed E-state index contributed by atoms with van der Waals surface area (Å²) in [5, 5.41) is 0. The second-order valence-corrected chi connectivity index (χ2v) is 17.5. The molecule has 0 aromatic heterocycles. The molecule has 6 nitrogen and oxygen atoms in total. The molecule has 0 spiro atoms. The van der Waals surface area contributed by atoms with Gasteiger partial charge in [0.15, 0.2) is 6.10 Å². The first kappa shape index (κ1) is 59.9. The number of unbranched alkanes of at least 4 members (excludes halogenated alkanes) is 27. The number of hydrogen-bond donors (Lipinski definition) is 0. The summed E-state index contributed by atoms with van der Waals surface area (Å²) >= 11 is 0. The van der Waals surface area contributed by atoms with E-state index in [4.69, 9.17) is 14.2 Å². The van der Waals surface area contributed by atoms with Crippen LogP contribution in [0.25, 0.3) is 0 Å². The fraction of sp³-hybridized carbons (Fsp3) is 0.737. The Kier molecular flexibility index (Phi) is 48.9. The molecule has 0 bridgehead atoms. The summed E-state index contributed by atoms with van der Waals surface area (Å²) in [6.07, 6.45) is 64.6. The van der Waals surface area contributed by atoms with Crippen LogP contribution in [-0.4, -0.2) is 37.2 Å². The number of carbonyl (C=O) groups is 3. The van der Waals surface area contributed by atoms with Crippen LogP contribution in [0.1, 0.15) is 252 Å². The maximum atomic E-state index is 12.8. The zero-order chi connectivity index (χ0) is 45.8. The van der Waals surface area contributed by atoms with Gasteiger partial charge in [-0.25, -0.2) is 0 Å². The van der Waals surface area contributed by atoms with E-state index >= 15 is 0 Å². The van der Waals surface area contributed by atoms with Crippen molar-refractivity contribution >= 4 is 17.9 Å². The molecule has 0 aliphatic heterocycles. The maximum absolute atomic E-state index is 12.8. The van der Waals surface area contributed by atoms with Gasteiger partial charge < -0.3 is 14.2 Å². The number of ether oxygens (including phenoxy) is 3. The predicted octanol–water partition coefficient (Wildman–Crippen LogP) is 17.4. The van der Waals surface area contributed by atoms with Crippen LogP contribution >= 0.6 is 0 Å². The third-order valence-electron chi connectivity index (χ3n) is 11.3. The highest BCUT2D eigenvalue weighted by Crippen LogP contribution is 2.14. The summed E-state index contributed by atoms with van der Waals surface area (Å²) in [6, 6.07) is 0. The molecule has 0 heterocycles. The normalized spacial score (nSPS) is 12.6. The van der Waals surface area contributed by atoms with E-state index in [0.717, 1.165) is 109 Å². The molecular formula is C57H98O6. The van der Waals surface area contributed by atoms with Crippen molar-refractivity contribution in [3.05, 3.63) is 72.9 Å². The van der Waals surface area contributed by atoms with Crippen LogP contribution in [0.4, 0.5) is 0 Å². The van der Waals surface area contributed by atoms with E-state index in [1.54, 1.807) is 0 Å². The highest BCUT2D eigenvalue weighted by molar-refractivity contribution is 5.71. The Hall–Kier alpha value is -3.15. The Bertz CT molecular complexity index is 1190. The van der Waals surface area contributed by atoms with Gasteiger partial charge in [-0.05, 0) is 89.9 Å². The number of allylic oxidation sites excluding steroid dienone is 12. The number of hydrogen-bond acceptors (Lipinski definition) is 6. The summed E-state index contributed by atoms with van der Waals surface area (Å²) < 4.78 is 16.8. The van der Waals surface area contributed by atoms with Crippen LogP contribution in [0.2, 0.25) is 0 Å². The SMILES string of the molecule is CC\C=C/C=C\C=C/CCCCCCCC(=O)OCC(COC(=O)CCCCC/C=C\C=C/CCCCCCCCC)OC(=O)CCCCCCC/C=C\CCCCCCCCC. The topological polar surface area (TPSA) is 78.9 Å². The van der Waals surface area contributed by atoms with Crippen LogP contribution in [0.15, 0.2) is 72.9 Å². The van der Waals surface area contributed by atoms with Crippen molar-refractivity contribution in [2.45, 2.75) is 258 Å². The van der Waals surface area contributed by atoms with Crippen LogP contribution in [-0.2, 0) is 28.6 Å². The molecule has 6 heteroatoms. The molecule has 1 unspecified atom stereocenters. The largest absolute Gasteiger partial charge is 0.462 e. The molecule has 0 aliphatic rings. The summed E-state index contributed by atoms with van der Waals surface area (Å²) in [5.41, 5.74) is 0.